The van der Waals surface area contributed by atoms with Crippen LogP contribution in [0.2, 0.25) is 0 Å². The first-order valence-corrected chi connectivity index (χ1v) is 6.32. The molecular formula is C14H19N3O. The summed E-state index contributed by atoms with van der Waals surface area (Å²) in [7, 11) is 0. The minimum atomic E-state index is 0.458. The quantitative estimate of drug-likeness (QED) is 0.880. The van der Waals surface area contributed by atoms with E-state index in [9.17, 15) is 0 Å². The Kier molecular flexibility index (Phi) is 4.10. The van der Waals surface area contributed by atoms with Gasteiger partial charge in [0.05, 0.1) is 6.54 Å². The van der Waals surface area contributed by atoms with Crippen molar-refractivity contribution in [3.05, 3.63) is 35.7 Å². The van der Waals surface area contributed by atoms with Gasteiger partial charge in [0.1, 0.15) is 0 Å². The molecule has 0 radical (unpaired) electrons. The molecule has 0 aliphatic carbocycles. The highest BCUT2D eigenvalue weighted by Crippen LogP contribution is 2.18. The predicted octanol–water partition coefficient (Wildman–Crippen LogP) is 2.93. The van der Waals surface area contributed by atoms with E-state index in [1.165, 1.54) is 5.56 Å². The van der Waals surface area contributed by atoms with Crippen LogP contribution >= 0.6 is 0 Å². The molecule has 96 valence electrons. The first-order chi connectivity index (χ1) is 8.69. The molecule has 0 bridgehead atoms. The minimum Gasteiger partial charge on any atom is -0.419 e. The van der Waals surface area contributed by atoms with Crippen molar-refractivity contribution in [3.63, 3.8) is 0 Å². The molecule has 0 aliphatic rings. The summed E-state index contributed by atoms with van der Waals surface area (Å²) in [4.78, 5) is 0. The van der Waals surface area contributed by atoms with Crippen LogP contribution < -0.4 is 5.32 Å². The summed E-state index contributed by atoms with van der Waals surface area (Å²) in [5, 5.41) is 11.5. The van der Waals surface area contributed by atoms with Crippen LogP contribution in [0.25, 0.3) is 11.5 Å². The van der Waals surface area contributed by atoms with Gasteiger partial charge in [-0.15, -0.1) is 10.2 Å². The van der Waals surface area contributed by atoms with Crippen molar-refractivity contribution in [1.29, 1.82) is 0 Å². The summed E-state index contributed by atoms with van der Waals surface area (Å²) in [6.45, 7) is 6.95. The molecule has 0 fully saturated rings. The molecule has 1 atom stereocenters. The van der Waals surface area contributed by atoms with Crippen LogP contribution in [-0.2, 0) is 6.54 Å². The van der Waals surface area contributed by atoms with Gasteiger partial charge in [-0.1, -0.05) is 24.6 Å². The second-order valence-corrected chi connectivity index (χ2v) is 4.56. The van der Waals surface area contributed by atoms with Gasteiger partial charge in [-0.25, -0.2) is 0 Å². The Morgan fingerprint density at radius 2 is 2.17 bits per heavy atom. The van der Waals surface area contributed by atoms with Crippen molar-refractivity contribution in [2.24, 2.45) is 0 Å². The van der Waals surface area contributed by atoms with E-state index in [-0.39, 0.29) is 0 Å². The Hall–Kier alpha value is -1.68. The predicted molar refractivity (Wildman–Crippen MR) is 71.1 cm³/mol. The number of hydrogen-bond acceptors (Lipinski definition) is 4. The van der Waals surface area contributed by atoms with Crippen LogP contribution in [0.5, 0.6) is 0 Å². The van der Waals surface area contributed by atoms with Crippen LogP contribution in [0, 0.1) is 6.92 Å². The smallest absolute Gasteiger partial charge is 0.247 e. The Labute approximate surface area is 107 Å². The molecule has 1 heterocycles. The molecule has 1 unspecified atom stereocenters. The average Bonchev–Trinajstić information content (AvgIpc) is 2.84. The summed E-state index contributed by atoms with van der Waals surface area (Å²) >= 11 is 0. The topological polar surface area (TPSA) is 51.0 Å². The lowest BCUT2D eigenvalue weighted by atomic mass is 10.1. The highest BCUT2D eigenvalue weighted by atomic mass is 16.4. The van der Waals surface area contributed by atoms with E-state index in [4.69, 9.17) is 4.42 Å². The molecule has 0 saturated carbocycles. The van der Waals surface area contributed by atoms with Crippen LogP contribution in [0.4, 0.5) is 0 Å². The Morgan fingerprint density at radius 3 is 2.89 bits per heavy atom. The Bertz CT molecular complexity index is 507. The summed E-state index contributed by atoms with van der Waals surface area (Å²) in [5.74, 6) is 1.21. The molecule has 0 saturated heterocycles. The van der Waals surface area contributed by atoms with E-state index < -0.39 is 0 Å². The molecule has 4 heteroatoms. The molecular weight excluding hydrogens is 226 g/mol. The van der Waals surface area contributed by atoms with Gasteiger partial charge in [-0.3, -0.25) is 0 Å². The normalized spacial score (nSPS) is 12.6. The van der Waals surface area contributed by atoms with Gasteiger partial charge in [0.15, 0.2) is 0 Å². The maximum Gasteiger partial charge on any atom is 0.247 e. The maximum atomic E-state index is 5.63. The fourth-order valence-electron chi connectivity index (χ4n) is 1.63. The molecule has 18 heavy (non-hydrogen) atoms. The summed E-state index contributed by atoms with van der Waals surface area (Å²) in [5.41, 5.74) is 2.15. The third kappa shape index (κ3) is 3.17. The van der Waals surface area contributed by atoms with Crippen molar-refractivity contribution in [1.82, 2.24) is 15.5 Å². The second kappa shape index (κ2) is 5.78. The van der Waals surface area contributed by atoms with Gasteiger partial charge in [-0.05, 0) is 32.4 Å². The number of hydrogen-bond donors (Lipinski definition) is 1. The third-order valence-corrected chi connectivity index (χ3v) is 2.95. The zero-order chi connectivity index (χ0) is 13.0. The van der Waals surface area contributed by atoms with E-state index in [2.05, 4.69) is 29.4 Å². The molecule has 4 nitrogen and oxygen atoms in total. The molecule has 0 aliphatic heterocycles. The van der Waals surface area contributed by atoms with E-state index >= 15 is 0 Å². The summed E-state index contributed by atoms with van der Waals surface area (Å²) in [6, 6.07) is 8.52. The number of rotatable bonds is 5. The largest absolute Gasteiger partial charge is 0.419 e. The van der Waals surface area contributed by atoms with Gasteiger partial charge in [-0.2, -0.15) is 0 Å². The van der Waals surface area contributed by atoms with Gasteiger partial charge in [0, 0.05) is 11.6 Å². The fraction of sp³-hybridized carbons (Fsp3) is 0.429. The first kappa shape index (κ1) is 12.8. The zero-order valence-corrected chi connectivity index (χ0v) is 11.1. The number of aryl methyl sites for hydroxylation is 1. The van der Waals surface area contributed by atoms with Crippen LogP contribution in [-0.4, -0.2) is 16.2 Å². The summed E-state index contributed by atoms with van der Waals surface area (Å²) < 4.78 is 5.63. The van der Waals surface area contributed by atoms with E-state index in [0.717, 1.165) is 12.0 Å². The number of nitrogens with one attached hydrogen (secondary N) is 1. The van der Waals surface area contributed by atoms with E-state index in [1.807, 2.05) is 31.2 Å². The zero-order valence-electron chi connectivity index (χ0n) is 11.1. The number of aromatic nitrogens is 2. The SMILES string of the molecule is CCC(C)NCc1nnc(-c2cccc(C)c2)o1. The van der Waals surface area contributed by atoms with E-state index in [1.54, 1.807) is 0 Å². The van der Waals surface area contributed by atoms with Crippen molar-refractivity contribution in [3.8, 4) is 11.5 Å². The molecule has 2 aromatic rings. The van der Waals surface area contributed by atoms with Gasteiger partial charge in [0.2, 0.25) is 11.8 Å². The minimum absolute atomic E-state index is 0.458. The Balaban J connectivity index is 2.06. The monoisotopic (exact) mass is 245 g/mol. The maximum absolute atomic E-state index is 5.63. The lowest BCUT2D eigenvalue weighted by molar-refractivity contribution is 0.444. The van der Waals surface area contributed by atoms with Crippen LogP contribution in [0.1, 0.15) is 31.7 Å². The van der Waals surface area contributed by atoms with E-state index in [0.29, 0.717) is 24.4 Å². The van der Waals surface area contributed by atoms with Crippen molar-refractivity contribution < 1.29 is 4.42 Å². The van der Waals surface area contributed by atoms with Crippen LogP contribution in [0.15, 0.2) is 28.7 Å². The number of benzene rings is 1. The second-order valence-electron chi connectivity index (χ2n) is 4.56. The van der Waals surface area contributed by atoms with Crippen LogP contribution in [0.3, 0.4) is 0 Å². The molecule has 2 rings (SSSR count). The fourth-order valence-corrected chi connectivity index (χ4v) is 1.63. The lowest BCUT2D eigenvalue weighted by Gasteiger charge is -2.07. The molecule has 0 spiro atoms. The lowest BCUT2D eigenvalue weighted by Crippen LogP contribution is -2.24. The standard InChI is InChI=1S/C14H19N3O/c1-4-11(3)15-9-13-16-17-14(18-13)12-7-5-6-10(2)8-12/h5-8,11,15H,4,9H2,1-3H3. The highest BCUT2D eigenvalue weighted by Gasteiger charge is 2.09. The van der Waals surface area contributed by atoms with Crippen molar-refractivity contribution in [2.75, 3.05) is 0 Å². The first-order valence-electron chi connectivity index (χ1n) is 6.32. The van der Waals surface area contributed by atoms with Crippen molar-refractivity contribution >= 4 is 0 Å². The third-order valence-electron chi connectivity index (χ3n) is 2.95. The highest BCUT2D eigenvalue weighted by molar-refractivity contribution is 5.53. The molecule has 1 aromatic carbocycles. The average molecular weight is 245 g/mol. The molecule has 1 N–H and O–H groups in total. The number of nitrogens with zero attached hydrogens (tertiary/aromatic N) is 2. The van der Waals surface area contributed by atoms with Gasteiger partial charge >= 0.3 is 0 Å². The van der Waals surface area contributed by atoms with Crippen molar-refractivity contribution in [2.45, 2.75) is 39.8 Å². The van der Waals surface area contributed by atoms with Gasteiger partial charge < -0.3 is 9.73 Å². The Morgan fingerprint density at radius 1 is 1.33 bits per heavy atom. The summed E-state index contributed by atoms with van der Waals surface area (Å²) in [6.07, 6.45) is 1.08. The molecule has 1 aromatic heterocycles. The molecule has 0 amide bonds. The van der Waals surface area contributed by atoms with Gasteiger partial charge in [0.25, 0.3) is 0 Å².